The van der Waals surface area contributed by atoms with Crippen LogP contribution in [-0.4, -0.2) is 40.2 Å². The Hall–Kier alpha value is -1.27. The second-order valence-electron chi connectivity index (χ2n) is 3.44. The molecule has 0 bridgehead atoms. The number of hydrogen-bond donors (Lipinski definition) is 1. The molecule has 96 valence electrons. The Balaban J connectivity index is 2.51. The Bertz CT molecular complexity index is 445. The van der Waals surface area contributed by atoms with Crippen molar-refractivity contribution in [1.82, 2.24) is 0 Å². The van der Waals surface area contributed by atoms with Crippen molar-refractivity contribution in [2.75, 3.05) is 31.8 Å². The molecular formula is C11H17NO4S. The minimum Gasteiger partial charge on any atom is -0.493 e. The SMILES string of the molecule is COc1ccccc1OCCS(=O)(=O)CCN. The number of ether oxygens (including phenoxy) is 2. The fourth-order valence-electron chi connectivity index (χ4n) is 1.30. The lowest BCUT2D eigenvalue weighted by atomic mass is 10.3. The van der Waals surface area contributed by atoms with Gasteiger partial charge >= 0.3 is 0 Å². The van der Waals surface area contributed by atoms with E-state index in [-0.39, 0.29) is 24.7 Å². The zero-order chi connectivity index (χ0) is 12.7. The third-order valence-electron chi connectivity index (χ3n) is 2.15. The van der Waals surface area contributed by atoms with E-state index in [0.29, 0.717) is 11.5 Å². The van der Waals surface area contributed by atoms with Gasteiger partial charge in [-0.25, -0.2) is 8.42 Å². The number of nitrogens with two attached hydrogens (primary N) is 1. The third kappa shape index (κ3) is 4.62. The second-order valence-corrected chi connectivity index (χ2v) is 5.74. The van der Waals surface area contributed by atoms with E-state index in [2.05, 4.69) is 0 Å². The molecule has 1 aromatic rings. The maximum atomic E-state index is 11.4. The molecule has 0 aliphatic rings. The fourth-order valence-corrected chi connectivity index (χ4v) is 2.20. The summed E-state index contributed by atoms with van der Waals surface area (Å²) in [5.41, 5.74) is 5.20. The standard InChI is InChI=1S/C11H17NO4S/c1-15-10-4-2-3-5-11(10)16-7-9-17(13,14)8-6-12/h2-5H,6-9,12H2,1H3. The molecule has 0 aromatic heterocycles. The lowest BCUT2D eigenvalue weighted by Crippen LogP contribution is -2.22. The minimum atomic E-state index is -3.11. The van der Waals surface area contributed by atoms with Gasteiger partial charge in [0.15, 0.2) is 21.3 Å². The molecule has 0 fully saturated rings. The van der Waals surface area contributed by atoms with Crippen molar-refractivity contribution in [2.45, 2.75) is 0 Å². The van der Waals surface area contributed by atoms with Gasteiger partial charge in [0, 0.05) is 6.54 Å². The van der Waals surface area contributed by atoms with E-state index in [0.717, 1.165) is 0 Å². The van der Waals surface area contributed by atoms with E-state index in [4.69, 9.17) is 15.2 Å². The van der Waals surface area contributed by atoms with Crippen LogP contribution in [0.3, 0.4) is 0 Å². The quantitative estimate of drug-likeness (QED) is 0.769. The van der Waals surface area contributed by atoms with Crippen LogP contribution in [-0.2, 0) is 9.84 Å². The van der Waals surface area contributed by atoms with Crippen LogP contribution in [0, 0.1) is 0 Å². The Morgan fingerprint density at radius 2 is 1.82 bits per heavy atom. The Kier molecular flexibility index (Phi) is 5.24. The highest BCUT2D eigenvalue weighted by molar-refractivity contribution is 7.91. The number of hydrogen-bond acceptors (Lipinski definition) is 5. The zero-order valence-electron chi connectivity index (χ0n) is 9.76. The van der Waals surface area contributed by atoms with Gasteiger partial charge in [-0.2, -0.15) is 0 Å². The van der Waals surface area contributed by atoms with Crippen LogP contribution >= 0.6 is 0 Å². The summed E-state index contributed by atoms with van der Waals surface area (Å²) in [5.74, 6) is 1.08. The lowest BCUT2D eigenvalue weighted by Gasteiger charge is -2.10. The number of benzene rings is 1. The molecule has 6 heteroatoms. The van der Waals surface area contributed by atoms with Crippen LogP contribution in [0.25, 0.3) is 0 Å². The molecule has 1 aromatic carbocycles. The largest absolute Gasteiger partial charge is 0.493 e. The van der Waals surface area contributed by atoms with Crippen molar-refractivity contribution < 1.29 is 17.9 Å². The van der Waals surface area contributed by atoms with Gasteiger partial charge in [-0.15, -0.1) is 0 Å². The Morgan fingerprint density at radius 1 is 1.18 bits per heavy atom. The van der Waals surface area contributed by atoms with Gasteiger partial charge < -0.3 is 15.2 Å². The highest BCUT2D eigenvalue weighted by Crippen LogP contribution is 2.25. The Morgan fingerprint density at radius 3 is 2.41 bits per heavy atom. The summed E-state index contributed by atoms with van der Waals surface area (Å²) < 4.78 is 33.2. The zero-order valence-corrected chi connectivity index (χ0v) is 10.6. The Labute approximate surface area is 101 Å². The highest BCUT2D eigenvalue weighted by Gasteiger charge is 2.10. The summed E-state index contributed by atoms with van der Waals surface area (Å²) in [7, 11) is -1.58. The van der Waals surface area contributed by atoms with Crippen LogP contribution in [0.4, 0.5) is 0 Å². The van der Waals surface area contributed by atoms with Crippen molar-refractivity contribution in [3.05, 3.63) is 24.3 Å². The van der Waals surface area contributed by atoms with E-state index in [1.807, 2.05) is 6.07 Å². The molecule has 2 N–H and O–H groups in total. The monoisotopic (exact) mass is 259 g/mol. The normalized spacial score (nSPS) is 11.2. The summed E-state index contributed by atoms with van der Waals surface area (Å²) in [6.07, 6.45) is 0. The van der Waals surface area contributed by atoms with Crippen molar-refractivity contribution >= 4 is 9.84 Å². The molecule has 0 saturated heterocycles. The first-order valence-electron chi connectivity index (χ1n) is 5.25. The van der Waals surface area contributed by atoms with E-state index in [9.17, 15) is 8.42 Å². The minimum absolute atomic E-state index is 0.0116. The molecular weight excluding hydrogens is 242 g/mol. The summed E-state index contributed by atoms with van der Waals surface area (Å²) in [4.78, 5) is 0. The average molecular weight is 259 g/mol. The average Bonchev–Trinajstić information content (AvgIpc) is 2.29. The molecule has 0 radical (unpaired) electrons. The molecule has 0 aliphatic carbocycles. The first kappa shape index (κ1) is 13.8. The molecule has 1 rings (SSSR count). The molecule has 17 heavy (non-hydrogen) atoms. The summed E-state index contributed by atoms with van der Waals surface area (Å²) in [6.45, 7) is 0.236. The van der Waals surface area contributed by atoms with E-state index in [1.165, 1.54) is 7.11 Å². The summed E-state index contributed by atoms with van der Waals surface area (Å²) in [6, 6.07) is 7.10. The highest BCUT2D eigenvalue weighted by atomic mass is 32.2. The molecule has 0 heterocycles. The molecule has 5 nitrogen and oxygen atoms in total. The van der Waals surface area contributed by atoms with Gasteiger partial charge in [0.1, 0.15) is 6.61 Å². The summed E-state index contributed by atoms with van der Waals surface area (Å²) >= 11 is 0. The van der Waals surface area contributed by atoms with Crippen LogP contribution in [0.2, 0.25) is 0 Å². The maximum Gasteiger partial charge on any atom is 0.161 e. The first-order chi connectivity index (χ1) is 8.09. The van der Waals surface area contributed by atoms with Gasteiger partial charge in [0.2, 0.25) is 0 Å². The molecule has 0 atom stereocenters. The third-order valence-corrected chi connectivity index (χ3v) is 3.80. The number of para-hydroxylation sites is 2. The number of methoxy groups -OCH3 is 1. The number of rotatable bonds is 7. The van der Waals surface area contributed by atoms with E-state index >= 15 is 0 Å². The predicted octanol–water partition coefficient (Wildman–Crippen LogP) is 0.448. The van der Waals surface area contributed by atoms with Gasteiger partial charge in [-0.3, -0.25) is 0 Å². The van der Waals surface area contributed by atoms with Gasteiger partial charge in [-0.1, -0.05) is 12.1 Å². The van der Waals surface area contributed by atoms with Crippen LogP contribution in [0.15, 0.2) is 24.3 Å². The van der Waals surface area contributed by atoms with Crippen LogP contribution in [0.1, 0.15) is 0 Å². The van der Waals surface area contributed by atoms with Crippen LogP contribution in [0.5, 0.6) is 11.5 Å². The molecule has 0 aliphatic heterocycles. The van der Waals surface area contributed by atoms with Gasteiger partial charge in [0.05, 0.1) is 18.6 Å². The van der Waals surface area contributed by atoms with Crippen molar-refractivity contribution in [3.63, 3.8) is 0 Å². The van der Waals surface area contributed by atoms with Gasteiger partial charge in [0.25, 0.3) is 0 Å². The first-order valence-corrected chi connectivity index (χ1v) is 7.07. The van der Waals surface area contributed by atoms with Crippen LogP contribution < -0.4 is 15.2 Å². The molecule has 0 spiro atoms. The maximum absolute atomic E-state index is 11.4. The molecule has 0 unspecified atom stereocenters. The second kappa shape index (κ2) is 6.46. The van der Waals surface area contributed by atoms with Crippen molar-refractivity contribution in [3.8, 4) is 11.5 Å². The van der Waals surface area contributed by atoms with Gasteiger partial charge in [-0.05, 0) is 12.1 Å². The smallest absolute Gasteiger partial charge is 0.161 e. The summed E-state index contributed by atoms with van der Waals surface area (Å²) in [5, 5.41) is 0. The number of sulfone groups is 1. The van der Waals surface area contributed by atoms with E-state index < -0.39 is 9.84 Å². The fraction of sp³-hybridized carbons (Fsp3) is 0.455. The lowest BCUT2D eigenvalue weighted by molar-refractivity contribution is 0.311. The predicted molar refractivity (Wildman–Crippen MR) is 66.2 cm³/mol. The molecule has 0 saturated carbocycles. The van der Waals surface area contributed by atoms with Crippen molar-refractivity contribution in [1.29, 1.82) is 0 Å². The van der Waals surface area contributed by atoms with E-state index in [1.54, 1.807) is 18.2 Å². The van der Waals surface area contributed by atoms with Crippen molar-refractivity contribution in [2.24, 2.45) is 5.73 Å². The topological polar surface area (TPSA) is 78.6 Å². The molecule has 0 amide bonds.